The second-order valence-corrected chi connectivity index (χ2v) is 15.2. The molecule has 5 rings (SSSR count). The normalized spacial score (nSPS) is 19.4. The Kier molecular flexibility index (Phi) is 11.6. The summed E-state index contributed by atoms with van der Waals surface area (Å²) in [5.74, 6) is -0.636. The third kappa shape index (κ3) is 8.83. The number of thiazole rings is 1. The maximum Gasteiger partial charge on any atom is 0.271 e. The molecule has 14 nitrogen and oxygen atoms in total. The highest BCUT2D eigenvalue weighted by molar-refractivity contribution is 7.13. The van der Waals surface area contributed by atoms with E-state index in [4.69, 9.17) is 5.73 Å². The lowest BCUT2D eigenvalue weighted by molar-refractivity contribution is -0.140. The van der Waals surface area contributed by atoms with Gasteiger partial charge in [-0.05, 0) is 36.5 Å². The van der Waals surface area contributed by atoms with E-state index in [-0.39, 0.29) is 48.4 Å². The molecule has 1 aromatic carbocycles. The Hall–Kier alpha value is -4.60. The molecule has 2 aliphatic rings. The summed E-state index contributed by atoms with van der Waals surface area (Å²) < 4.78 is 0. The van der Waals surface area contributed by atoms with Gasteiger partial charge >= 0.3 is 0 Å². The van der Waals surface area contributed by atoms with Crippen LogP contribution in [0.2, 0.25) is 0 Å². The van der Waals surface area contributed by atoms with Crippen molar-refractivity contribution in [3.63, 3.8) is 0 Å². The molecule has 2 saturated heterocycles. The van der Waals surface area contributed by atoms with Crippen LogP contribution in [-0.2, 0) is 9.59 Å². The SMILES string of the molecule is C=C(N[C@H](C)c1ccc(-c2scnc2C)cc1)[C@H]1C[C@H](O)CN1C(=O)[C@H](NC(=O)CN1CCN(c2cc(C(=O)NC)nnc2N)CC1)C(C)(C)C. The first-order valence-corrected chi connectivity index (χ1v) is 18.1. The number of aliphatic hydroxyl groups excluding tert-OH is 1. The second-order valence-electron chi connectivity index (χ2n) is 14.4. The Balaban J connectivity index is 1.19. The fraction of sp³-hybridized carbons (Fsp3) is 0.500. The van der Waals surface area contributed by atoms with Gasteiger partial charge in [0.15, 0.2) is 11.5 Å². The molecule has 3 amide bonds. The van der Waals surface area contributed by atoms with Crippen molar-refractivity contribution in [2.24, 2.45) is 5.41 Å². The number of benzene rings is 1. The number of nitrogen functional groups attached to an aromatic ring is 1. The Morgan fingerprint density at radius 2 is 1.78 bits per heavy atom. The van der Waals surface area contributed by atoms with Crippen LogP contribution in [0.25, 0.3) is 10.4 Å². The topological polar surface area (TPSA) is 182 Å². The van der Waals surface area contributed by atoms with Crippen molar-refractivity contribution in [1.82, 2.24) is 40.9 Å². The standard InChI is InChI=1S/C36H50N10O4S/c1-21(24-8-10-25(11-9-24)31-23(3)39-20-51-31)40-22(2)28-16-26(47)18-46(28)35(50)32(36(4,5)6)41-30(48)19-44-12-14-45(15-13-44)29-17-27(34(49)38-7)42-43-33(29)37/h8-11,17,20-21,26,28,32,40,47H,2,12-16,18-19H2,1,3-7H3,(H2,37,43)(H,38,49)(H,41,48)/t21-,26+,28-,32+/m1/s1. The Morgan fingerprint density at radius 3 is 2.39 bits per heavy atom. The van der Waals surface area contributed by atoms with E-state index < -0.39 is 23.6 Å². The molecule has 2 aromatic heterocycles. The first-order chi connectivity index (χ1) is 24.2. The third-order valence-electron chi connectivity index (χ3n) is 9.54. The van der Waals surface area contributed by atoms with E-state index in [2.05, 4.69) is 62.0 Å². The van der Waals surface area contributed by atoms with Gasteiger partial charge < -0.3 is 36.6 Å². The van der Waals surface area contributed by atoms with Gasteiger partial charge in [-0.15, -0.1) is 21.5 Å². The van der Waals surface area contributed by atoms with Gasteiger partial charge in [-0.2, -0.15) is 0 Å². The van der Waals surface area contributed by atoms with Gasteiger partial charge in [-0.3, -0.25) is 19.3 Å². The number of nitrogens with two attached hydrogens (primary N) is 1. The summed E-state index contributed by atoms with van der Waals surface area (Å²) in [4.78, 5) is 50.9. The summed E-state index contributed by atoms with van der Waals surface area (Å²) in [5, 5.41) is 27.6. The number of hydrogen-bond acceptors (Lipinski definition) is 12. The fourth-order valence-corrected chi connectivity index (χ4v) is 7.41. The molecule has 0 radical (unpaired) electrons. The van der Waals surface area contributed by atoms with E-state index in [0.717, 1.165) is 21.7 Å². The molecular formula is C36H50N10O4S. The minimum absolute atomic E-state index is 0.0912. The van der Waals surface area contributed by atoms with Gasteiger partial charge in [0, 0.05) is 57.9 Å². The highest BCUT2D eigenvalue weighted by Gasteiger charge is 2.43. The number of nitrogens with one attached hydrogen (secondary N) is 3. The Labute approximate surface area is 303 Å². The van der Waals surface area contributed by atoms with Gasteiger partial charge in [-0.1, -0.05) is 51.6 Å². The lowest BCUT2D eigenvalue weighted by Crippen LogP contribution is -2.58. The molecule has 51 heavy (non-hydrogen) atoms. The lowest BCUT2D eigenvalue weighted by Gasteiger charge is -2.38. The average molecular weight is 719 g/mol. The van der Waals surface area contributed by atoms with Crippen LogP contribution in [0.15, 0.2) is 48.1 Å². The van der Waals surface area contributed by atoms with Gasteiger partial charge in [0.25, 0.3) is 5.91 Å². The first-order valence-electron chi connectivity index (χ1n) is 17.2. The van der Waals surface area contributed by atoms with Gasteiger partial charge in [-0.25, -0.2) is 4.98 Å². The number of hydrogen-bond donors (Lipinski definition) is 5. The lowest BCUT2D eigenvalue weighted by atomic mass is 9.85. The molecule has 4 heterocycles. The predicted octanol–water partition coefficient (Wildman–Crippen LogP) is 2.33. The summed E-state index contributed by atoms with van der Waals surface area (Å²) in [6.45, 7) is 16.6. The Bertz CT molecular complexity index is 1730. The summed E-state index contributed by atoms with van der Waals surface area (Å²) in [6, 6.07) is 8.59. The first kappa shape index (κ1) is 37.7. The van der Waals surface area contributed by atoms with Crippen molar-refractivity contribution in [1.29, 1.82) is 0 Å². The van der Waals surface area contributed by atoms with Crippen LogP contribution >= 0.6 is 11.3 Å². The van der Waals surface area contributed by atoms with Crippen LogP contribution in [0, 0.1) is 12.3 Å². The zero-order chi connectivity index (χ0) is 37.0. The average Bonchev–Trinajstić information content (AvgIpc) is 3.72. The number of nitrogens with zero attached hydrogens (tertiary/aromatic N) is 6. The molecular weight excluding hydrogens is 669 g/mol. The maximum absolute atomic E-state index is 14.2. The van der Waals surface area contributed by atoms with E-state index >= 15 is 0 Å². The third-order valence-corrected chi connectivity index (χ3v) is 10.5. The highest BCUT2D eigenvalue weighted by Crippen LogP contribution is 2.31. The van der Waals surface area contributed by atoms with Crippen LogP contribution in [-0.4, -0.2) is 112 Å². The maximum atomic E-state index is 14.2. The quantitative estimate of drug-likeness (QED) is 0.196. The van der Waals surface area contributed by atoms with Crippen molar-refractivity contribution in [2.75, 3.05) is 56.9 Å². The molecule has 6 N–H and O–H groups in total. The molecule has 2 aliphatic heterocycles. The molecule has 15 heteroatoms. The molecule has 274 valence electrons. The number of carbonyl (C=O) groups excluding carboxylic acids is 3. The molecule has 3 aromatic rings. The van der Waals surface area contributed by atoms with Crippen molar-refractivity contribution in [2.45, 2.75) is 65.3 Å². The van der Waals surface area contributed by atoms with Crippen molar-refractivity contribution in [3.8, 4) is 10.4 Å². The number of aromatic nitrogens is 3. The second kappa shape index (κ2) is 15.7. The van der Waals surface area contributed by atoms with E-state index in [0.29, 0.717) is 44.0 Å². The zero-order valence-electron chi connectivity index (χ0n) is 30.3. The van der Waals surface area contributed by atoms with Crippen molar-refractivity contribution < 1.29 is 19.5 Å². The molecule has 0 spiro atoms. The molecule has 2 fully saturated rings. The minimum Gasteiger partial charge on any atom is -0.391 e. The van der Waals surface area contributed by atoms with Crippen LogP contribution < -0.4 is 26.6 Å². The number of rotatable bonds is 11. The largest absolute Gasteiger partial charge is 0.391 e. The van der Waals surface area contributed by atoms with Crippen LogP contribution in [0.5, 0.6) is 0 Å². The summed E-state index contributed by atoms with van der Waals surface area (Å²) in [5.41, 5.74) is 11.9. The number of amides is 3. The van der Waals surface area contributed by atoms with E-state index in [1.54, 1.807) is 22.3 Å². The van der Waals surface area contributed by atoms with E-state index in [1.807, 2.05) is 49.9 Å². The Morgan fingerprint density at radius 1 is 1.10 bits per heavy atom. The number of aliphatic hydroxyl groups is 1. The molecule has 0 aliphatic carbocycles. The predicted molar refractivity (Wildman–Crippen MR) is 199 cm³/mol. The fourth-order valence-electron chi connectivity index (χ4n) is 6.60. The number of carbonyl (C=O) groups is 3. The highest BCUT2D eigenvalue weighted by atomic mass is 32.1. The number of likely N-dealkylation sites (tertiary alicyclic amines) is 1. The summed E-state index contributed by atoms with van der Waals surface area (Å²) in [6.07, 6.45) is -0.357. The van der Waals surface area contributed by atoms with E-state index in [1.165, 1.54) is 7.05 Å². The van der Waals surface area contributed by atoms with Crippen molar-refractivity contribution in [3.05, 3.63) is 65.1 Å². The number of β-amino-alcohol motifs (C(OH)–C–C–N with tert-alkyl or cyclic N) is 1. The minimum atomic E-state index is -0.821. The van der Waals surface area contributed by atoms with Crippen LogP contribution in [0.1, 0.15) is 61.9 Å². The monoisotopic (exact) mass is 718 g/mol. The van der Waals surface area contributed by atoms with Crippen molar-refractivity contribution >= 4 is 40.6 Å². The number of piperazine rings is 1. The summed E-state index contributed by atoms with van der Waals surface area (Å²) in [7, 11) is 1.52. The molecule has 0 saturated carbocycles. The number of anilines is 2. The smallest absolute Gasteiger partial charge is 0.271 e. The molecule has 4 atom stereocenters. The molecule has 0 unspecified atom stereocenters. The van der Waals surface area contributed by atoms with Crippen LogP contribution in [0.4, 0.5) is 11.5 Å². The summed E-state index contributed by atoms with van der Waals surface area (Å²) >= 11 is 1.61. The van der Waals surface area contributed by atoms with Crippen LogP contribution in [0.3, 0.4) is 0 Å². The zero-order valence-corrected chi connectivity index (χ0v) is 31.1. The van der Waals surface area contributed by atoms with Gasteiger partial charge in [0.05, 0.1) is 40.5 Å². The van der Waals surface area contributed by atoms with E-state index in [9.17, 15) is 19.5 Å². The number of aryl methyl sites for hydroxylation is 1. The van der Waals surface area contributed by atoms with Gasteiger partial charge in [0.1, 0.15) is 6.04 Å². The molecule has 0 bridgehead atoms. The van der Waals surface area contributed by atoms with Gasteiger partial charge in [0.2, 0.25) is 11.8 Å².